The summed E-state index contributed by atoms with van der Waals surface area (Å²) in [6, 6.07) is 3.76. The number of nitrogens with one attached hydrogen (secondary N) is 1. The first kappa shape index (κ1) is 13.1. The number of aromatic nitrogens is 2. The van der Waals surface area contributed by atoms with Gasteiger partial charge in [0.1, 0.15) is 0 Å². The van der Waals surface area contributed by atoms with Gasteiger partial charge in [-0.3, -0.25) is 4.79 Å². The van der Waals surface area contributed by atoms with E-state index in [0.29, 0.717) is 12.5 Å². The topological polar surface area (TPSA) is 58.1 Å². The highest BCUT2D eigenvalue weighted by Crippen LogP contribution is 2.38. The highest BCUT2D eigenvalue weighted by atomic mass is 32.1. The lowest BCUT2D eigenvalue weighted by Crippen LogP contribution is -2.23. The lowest BCUT2D eigenvalue weighted by molar-refractivity contribution is 0.0957. The second-order valence-corrected chi connectivity index (χ2v) is 5.76. The number of amides is 1. The molecule has 0 saturated carbocycles. The second kappa shape index (κ2) is 5.58. The molecule has 5 nitrogen and oxygen atoms in total. The molecule has 1 amide bonds. The Bertz CT molecular complexity index is 611. The maximum Gasteiger partial charge on any atom is 0.261 e. The van der Waals surface area contributed by atoms with E-state index in [2.05, 4.69) is 20.2 Å². The molecule has 0 radical (unpaired) electrons. The van der Waals surface area contributed by atoms with E-state index in [-0.39, 0.29) is 5.91 Å². The molecule has 0 aromatic carbocycles. The van der Waals surface area contributed by atoms with Crippen LogP contribution >= 0.6 is 11.3 Å². The molecule has 3 heterocycles. The lowest BCUT2D eigenvalue weighted by Gasteiger charge is -2.15. The molecule has 1 aliphatic rings. The van der Waals surface area contributed by atoms with Gasteiger partial charge in [0.15, 0.2) is 0 Å². The lowest BCUT2D eigenvalue weighted by atomic mass is 10.3. The summed E-state index contributed by atoms with van der Waals surface area (Å²) >= 11 is 1.57. The van der Waals surface area contributed by atoms with Gasteiger partial charge in [0, 0.05) is 36.8 Å². The van der Waals surface area contributed by atoms with Crippen molar-refractivity contribution in [2.45, 2.75) is 19.8 Å². The summed E-state index contributed by atoms with van der Waals surface area (Å²) in [5, 5.41) is 2.91. The zero-order valence-corrected chi connectivity index (χ0v) is 12.1. The predicted octanol–water partition coefficient (Wildman–Crippen LogP) is 2.37. The average molecular weight is 288 g/mol. The molecular formula is C14H16N4OS. The highest BCUT2D eigenvalue weighted by molar-refractivity contribution is 7.14. The first-order valence-electron chi connectivity index (χ1n) is 6.75. The van der Waals surface area contributed by atoms with Crippen LogP contribution in [0.2, 0.25) is 0 Å². The van der Waals surface area contributed by atoms with Crippen molar-refractivity contribution in [3.05, 3.63) is 34.3 Å². The van der Waals surface area contributed by atoms with Crippen molar-refractivity contribution in [3.63, 3.8) is 0 Å². The molecular weight excluding hydrogens is 272 g/mol. The van der Waals surface area contributed by atoms with Crippen molar-refractivity contribution in [1.82, 2.24) is 15.3 Å². The molecule has 0 unspecified atom stereocenters. The highest BCUT2D eigenvalue weighted by Gasteiger charge is 2.26. The normalized spacial score (nSPS) is 13.3. The predicted molar refractivity (Wildman–Crippen MR) is 79.7 cm³/mol. The van der Waals surface area contributed by atoms with E-state index < -0.39 is 0 Å². The standard InChI is InChI=1S/C14H16N4OS/c1-2-5-15-13(19)12-9-10-11(20-12)4-8-18(10)14-16-6-3-7-17-14/h3,6-7,9H,2,4-5,8H2,1H3,(H,15,19). The van der Waals surface area contributed by atoms with Crippen molar-refractivity contribution in [2.75, 3.05) is 18.0 Å². The van der Waals surface area contributed by atoms with Crippen LogP contribution in [0.4, 0.5) is 11.6 Å². The zero-order chi connectivity index (χ0) is 13.9. The van der Waals surface area contributed by atoms with E-state index in [1.54, 1.807) is 29.8 Å². The zero-order valence-electron chi connectivity index (χ0n) is 11.3. The molecule has 0 spiro atoms. The summed E-state index contributed by atoms with van der Waals surface area (Å²) in [6.07, 6.45) is 5.36. The Morgan fingerprint density at radius 3 is 3.00 bits per heavy atom. The number of anilines is 2. The summed E-state index contributed by atoms with van der Waals surface area (Å²) in [4.78, 5) is 24.6. The third kappa shape index (κ3) is 2.38. The third-order valence-corrected chi connectivity index (χ3v) is 4.38. The molecule has 104 valence electrons. The van der Waals surface area contributed by atoms with Crippen LogP contribution in [0.3, 0.4) is 0 Å². The molecule has 0 atom stereocenters. The molecule has 6 heteroatoms. The fourth-order valence-electron chi connectivity index (χ4n) is 2.24. The first-order chi connectivity index (χ1) is 9.79. The largest absolute Gasteiger partial charge is 0.351 e. The van der Waals surface area contributed by atoms with Gasteiger partial charge in [0.05, 0.1) is 10.6 Å². The molecule has 0 fully saturated rings. The summed E-state index contributed by atoms with van der Waals surface area (Å²) in [5.74, 6) is 0.713. The van der Waals surface area contributed by atoms with E-state index in [4.69, 9.17) is 0 Å². The molecule has 2 aromatic rings. The van der Waals surface area contributed by atoms with Gasteiger partial charge >= 0.3 is 0 Å². The van der Waals surface area contributed by atoms with Gasteiger partial charge in [-0.05, 0) is 18.6 Å². The van der Waals surface area contributed by atoms with Crippen LogP contribution in [-0.2, 0) is 6.42 Å². The maximum absolute atomic E-state index is 12.0. The van der Waals surface area contributed by atoms with E-state index in [9.17, 15) is 4.79 Å². The number of carbonyl (C=O) groups excluding carboxylic acids is 1. The van der Waals surface area contributed by atoms with E-state index in [1.807, 2.05) is 13.0 Å². The van der Waals surface area contributed by atoms with E-state index in [0.717, 1.165) is 30.0 Å². The minimum atomic E-state index is 0.0141. The number of rotatable bonds is 4. The number of thiophene rings is 1. The third-order valence-electron chi connectivity index (χ3n) is 3.19. The summed E-state index contributed by atoms with van der Waals surface area (Å²) in [6.45, 7) is 3.64. The van der Waals surface area contributed by atoms with Crippen molar-refractivity contribution >= 4 is 28.9 Å². The van der Waals surface area contributed by atoms with E-state index >= 15 is 0 Å². The average Bonchev–Trinajstić information content (AvgIpc) is 3.05. The van der Waals surface area contributed by atoms with Crippen LogP contribution in [0.5, 0.6) is 0 Å². The van der Waals surface area contributed by atoms with Crippen LogP contribution in [0, 0.1) is 0 Å². The smallest absolute Gasteiger partial charge is 0.261 e. The minimum Gasteiger partial charge on any atom is -0.351 e. The number of fused-ring (bicyclic) bond motifs is 1. The Kier molecular flexibility index (Phi) is 3.64. The molecule has 20 heavy (non-hydrogen) atoms. The van der Waals surface area contributed by atoms with Crippen LogP contribution in [0.25, 0.3) is 0 Å². The molecule has 0 bridgehead atoms. The van der Waals surface area contributed by atoms with Gasteiger partial charge in [-0.15, -0.1) is 11.3 Å². The van der Waals surface area contributed by atoms with Gasteiger partial charge in [0.2, 0.25) is 5.95 Å². The quantitative estimate of drug-likeness (QED) is 0.938. The van der Waals surface area contributed by atoms with Gasteiger partial charge in [-0.1, -0.05) is 6.92 Å². The van der Waals surface area contributed by atoms with Crippen LogP contribution < -0.4 is 10.2 Å². The Morgan fingerprint density at radius 2 is 2.25 bits per heavy atom. The van der Waals surface area contributed by atoms with Gasteiger partial charge in [-0.25, -0.2) is 9.97 Å². The molecule has 3 rings (SSSR count). The Labute approximate surface area is 121 Å². The van der Waals surface area contributed by atoms with Gasteiger partial charge in [0.25, 0.3) is 5.91 Å². The Morgan fingerprint density at radius 1 is 1.45 bits per heavy atom. The molecule has 2 aromatic heterocycles. The number of hydrogen-bond donors (Lipinski definition) is 1. The van der Waals surface area contributed by atoms with Crippen LogP contribution in [0.15, 0.2) is 24.5 Å². The maximum atomic E-state index is 12.0. The number of hydrogen-bond acceptors (Lipinski definition) is 5. The Hall–Kier alpha value is -1.95. The molecule has 0 aliphatic carbocycles. The number of nitrogens with zero attached hydrogens (tertiary/aromatic N) is 3. The number of carbonyl (C=O) groups is 1. The Balaban J connectivity index is 1.83. The fourth-order valence-corrected chi connectivity index (χ4v) is 3.30. The van der Waals surface area contributed by atoms with Crippen molar-refractivity contribution in [2.24, 2.45) is 0 Å². The molecule has 1 aliphatic heterocycles. The molecule has 0 saturated heterocycles. The summed E-state index contributed by atoms with van der Waals surface area (Å²) in [5.41, 5.74) is 1.07. The van der Waals surface area contributed by atoms with Crippen molar-refractivity contribution in [1.29, 1.82) is 0 Å². The van der Waals surface area contributed by atoms with Crippen LogP contribution in [-0.4, -0.2) is 29.0 Å². The van der Waals surface area contributed by atoms with Gasteiger partial charge in [-0.2, -0.15) is 0 Å². The van der Waals surface area contributed by atoms with Crippen molar-refractivity contribution in [3.8, 4) is 0 Å². The second-order valence-electron chi connectivity index (χ2n) is 4.63. The SMILES string of the molecule is CCCNC(=O)c1cc2c(s1)CCN2c1ncccn1. The van der Waals surface area contributed by atoms with Gasteiger partial charge < -0.3 is 10.2 Å². The van der Waals surface area contributed by atoms with Crippen molar-refractivity contribution < 1.29 is 4.79 Å². The fraction of sp³-hybridized carbons (Fsp3) is 0.357. The summed E-state index contributed by atoms with van der Waals surface area (Å²) in [7, 11) is 0. The van der Waals surface area contributed by atoms with Crippen LogP contribution in [0.1, 0.15) is 27.9 Å². The minimum absolute atomic E-state index is 0.0141. The monoisotopic (exact) mass is 288 g/mol. The van der Waals surface area contributed by atoms with E-state index in [1.165, 1.54) is 4.88 Å². The first-order valence-corrected chi connectivity index (χ1v) is 7.56. The molecule has 1 N–H and O–H groups in total. The summed E-state index contributed by atoms with van der Waals surface area (Å²) < 4.78 is 0.